The molecule has 0 aromatic carbocycles. The van der Waals surface area contributed by atoms with Crippen molar-refractivity contribution in [1.29, 1.82) is 0 Å². The molecular weight excluding hydrogens is 250 g/mol. The smallest absolute Gasteiger partial charge is 0.0975 e. The summed E-state index contributed by atoms with van der Waals surface area (Å²) in [5, 5.41) is 13.0. The van der Waals surface area contributed by atoms with Crippen molar-refractivity contribution in [3.63, 3.8) is 0 Å². The van der Waals surface area contributed by atoms with Gasteiger partial charge >= 0.3 is 0 Å². The van der Waals surface area contributed by atoms with Crippen LogP contribution in [0.25, 0.3) is 0 Å². The zero-order chi connectivity index (χ0) is 14.4. The predicted octanol–water partition coefficient (Wildman–Crippen LogP) is 0.0431. The molecule has 1 atom stereocenters. The second-order valence-corrected chi connectivity index (χ2v) is 4.55. The van der Waals surface area contributed by atoms with Crippen LogP contribution in [-0.4, -0.2) is 77.2 Å². The summed E-state index contributed by atoms with van der Waals surface area (Å²) >= 11 is 0. The first-order chi connectivity index (χ1) is 9.12. The third kappa shape index (κ3) is 14.0. The van der Waals surface area contributed by atoms with Gasteiger partial charge in [0.2, 0.25) is 0 Å². The number of likely N-dealkylation sites (N-methyl/N-ethyl adjacent to an activating group) is 1. The maximum Gasteiger partial charge on any atom is 0.0975 e. The fourth-order valence-electron chi connectivity index (χ4n) is 1.32. The van der Waals surface area contributed by atoms with E-state index in [1.165, 1.54) is 0 Å². The molecule has 0 fully saturated rings. The highest BCUT2D eigenvalue weighted by Crippen LogP contribution is 2.01. The number of ether oxygens (including phenoxy) is 4. The second kappa shape index (κ2) is 12.8. The second-order valence-electron chi connectivity index (χ2n) is 4.55. The predicted molar refractivity (Wildman–Crippen MR) is 73.5 cm³/mol. The van der Waals surface area contributed by atoms with Crippen molar-refractivity contribution in [3.05, 3.63) is 0 Å². The average Bonchev–Trinajstić information content (AvgIpc) is 2.38. The van der Waals surface area contributed by atoms with Gasteiger partial charge in [0.15, 0.2) is 0 Å². The van der Waals surface area contributed by atoms with E-state index in [2.05, 4.69) is 5.32 Å². The Morgan fingerprint density at radius 1 is 0.947 bits per heavy atom. The van der Waals surface area contributed by atoms with Gasteiger partial charge in [0.05, 0.1) is 51.8 Å². The van der Waals surface area contributed by atoms with Crippen molar-refractivity contribution < 1.29 is 24.1 Å². The van der Waals surface area contributed by atoms with E-state index in [0.717, 1.165) is 6.54 Å². The first-order valence-corrected chi connectivity index (χ1v) is 6.77. The molecule has 0 spiro atoms. The Balaban J connectivity index is 3.21. The largest absolute Gasteiger partial charge is 0.386 e. The molecule has 0 saturated heterocycles. The SMILES string of the molecule is CCNCC(C)(O)COCCOCCOCCOC. The van der Waals surface area contributed by atoms with Crippen LogP contribution in [0.4, 0.5) is 0 Å². The molecule has 116 valence electrons. The minimum Gasteiger partial charge on any atom is -0.386 e. The van der Waals surface area contributed by atoms with E-state index in [9.17, 15) is 5.11 Å². The summed E-state index contributed by atoms with van der Waals surface area (Å²) in [7, 11) is 1.64. The molecule has 19 heavy (non-hydrogen) atoms. The summed E-state index contributed by atoms with van der Waals surface area (Å²) in [5.41, 5.74) is -0.834. The number of methoxy groups -OCH3 is 1. The van der Waals surface area contributed by atoms with E-state index in [1.807, 2.05) is 6.92 Å². The topological polar surface area (TPSA) is 69.2 Å². The minimum absolute atomic E-state index is 0.299. The zero-order valence-corrected chi connectivity index (χ0v) is 12.4. The Labute approximate surface area is 116 Å². The maximum absolute atomic E-state index is 9.91. The van der Waals surface area contributed by atoms with Crippen molar-refractivity contribution in [2.24, 2.45) is 0 Å². The molecule has 0 amide bonds. The number of hydrogen-bond acceptors (Lipinski definition) is 6. The highest BCUT2D eigenvalue weighted by atomic mass is 16.6. The van der Waals surface area contributed by atoms with Crippen LogP contribution in [0.2, 0.25) is 0 Å². The molecular formula is C13H29NO5. The third-order valence-corrected chi connectivity index (χ3v) is 2.34. The molecule has 0 rings (SSSR count). The van der Waals surface area contributed by atoms with Gasteiger partial charge in [0.1, 0.15) is 0 Å². The molecule has 6 nitrogen and oxygen atoms in total. The minimum atomic E-state index is -0.834. The fraction of sp³-hybridized carbons (Fsp3) is 1.00. The lowest BCUT2D eigenvalue weighted by molar-refractivity contribution is -0.0509. The van der Waals surface area contributed by atoms with Gasteiger partial charge < -0.3 is 29.4 Å². The Morgan fingerprint density at radius 2 is 1.47 bits per heavy atom. The summed E-state index contributed by atoms with van der Waals surface area (Å²) in [6.45, 7) is 8.68. The lowest BCUT2D eigenvalue weighted by Gasteiger charge is -2.23. The number of aliphatic hydroxyl groups is 1. The molecule has 0 aliphatic heterocycles. The first kappa shape index (κ1) is 18.8. The summed E-state index contributed by atoms with van der Waals surface area (Å²) in [5.74, 6) is 0. The van der Waals surface area contributed by atoms with Crippen LogP contribution in [0.5, 0.6) is 0 Å². The Kier molecular flexibility index (Phi) is 12.6. The van der Waals surface area contributed by atoms with Crippen molar-refractivity contribution in [3.8, 4) is 0 Å². The fourth-order valence-corrected chi connectivity index (χ4v) is 1.32. The highest BCUT2D eigenvalue weighted by molar-refractivity contribution is 4.74. The molecule has 0 saturated carbocycles. The molecule has 0 heterocycles. The van der Waals surface area contributed by atoms with Gasteiger partial charge in [0.25, 0.3) is 0 Å². The maximum atomic E-state index is 9.91. The van der Waals surface area contributed by atoms with Crippen LogP contribution >= 0.6 is 0 Å². The molecule has 0 aliphatic rings. The molecule has 0 aromatic rings. The highest BCUT2D eigenvalue weighted by Gasteiger charge is 2.19. The Hall–Kier alpha value is -0.240. The summed E-state index contributed by atoms with van der Waals surface area (Å²) < 4.78 is 20.8. The van der Waals surface area contributed by atoms with Crippen molar-refractivity contribution in [1.82, 2.24) is 5.32 Å². The van der Waals surface area contributed by atoms with Crippen LogP contribution < -0.4 is 5.32 Å². The molecule has 0 aliphatic carbocycles. The van der Waals surface area contributed by atoms with Gasteiger partial charge in [-0.2, -0.15) is 0 Å². The molecule has 2 N–H and O–H groups in total. The molecule has 0 radical (unpaired) electrons. The summed E-state index contributed by atoms with van der Waals surface area (Å²) in [6.07, 6.45) is 0. The third-order valence-electron chi connectivity index (χ3n) is 2.34. The molecule has 1 unspecified atom stereocenters. The standard InChI is InChI=1S/C13H29NO5/c1-4-14-11-13(2,15)12-19-10-9-18-8-7-17-6-5-16-3/h14-15H,4-12H2,1-3H3. The first-order valence-electron chi connectivity index (χ1n) is 6.77. The van der Waals surface area contributed by atoms with Gasteiger partial charge in [-0.15, -0.1) is 0 Å². The summed E-state index contributed by atoms with van der Waals surface area (Å²) in [6, 6.07) is 0. The Morgan fingerprint density at radius 3 is 2.00 bits per heavy atom. The van der Waals surface area contributed by atoms with Crippen molar-refractivity contribution >= 4 is 0 Å². The van der Waals surface area contributed by atoms with E-state index < -0.39 is 5.60 Å². The van der Waals surface area contributed by atoms with Gasteiger partial charge in [-0.25, -0.2) is 0 Å². The van der Waals surface area contributed by atoms with Gasteiger partial charge in [-0.3, -0.25) is 0 Å². The van der Waals surface area contributed by atoms with Crippen molar-refractivity contribution in [2.75, 3.05) is 66.4 Å². The average molecular weight is 279 g/mol. The lowest BCUT2D eigenvalue weighted by Crippen LogP contribution is -2.42. The van der Waals surface area contributed by atoms with Crippen LogP contribution in [0, 0.1) is 0 Å². The van der Waals surface area contributed by atoms with E-state index in [1.54, 1.807) is 14.0 Å². The zero-order valence-electron chi connectivity index (χ0n) is 12.4. The van der Waals surface area contributed by atoms with E-state index >= 15 is 0 Å². The van der Waals surface area contributed by atoms with Gasteiger partial charge in [0, 0.05) is 13.7 Å². The molecule has 0 aromatic heterocycles. The van der Waals surface area contributed by atoms with E-state index in [-0.39, 0.29) is 0 Å². The Bertz CT molecular complexity index is 190. The molecule has 6 heteroatoms. The number of nitrogens with one attached hydrogen (secondary N) is 1. The van der Waals surface area contributed by atoms with Gasteiger partial charge in [-0.05, 0) is 13.5 Å². The van der Waals surface area contributed by atoms with E-state index in [4.69, 9.17) is 18.9 Å². The van der Waals surface area contributed by atoms with Gasteiger partial charge in [-0.1, -0.05) is 6.92 Å². The van der Waals surface area contributed by atoms with Crippen LogP contribution in [0.3, 0.4) is 0 Å². The number of hydrogen-bond donors (Lipinski definition) is 2. The van der Waals surface area contributed by atoms with Crippen LogP contribution in [0.15, 0.2) is 0 Å². The van der Waals surface area contributed by atoms with E-state index in [0.29, 0.717) is 52.8 Å². The normalized spacial score (nSPS) is 14.5. The monoisotopic (exact) mass is 279 g/mol. The molecule has 0 bridgehead atoms. The lowest BCUT2D eigenvalue weighted by atomic mass is 10.1. The number of rotatable bonds is 14. The van der Waals surface area contributed by atoms with Crippen molar-refractivity contribution in [2.45, 2.75) is 19.4 Å². The quantitative estimate of drug-likeness (QED) is 0.438. The van der Waals surface area contributed by atoms with Crippen LogP contribution in [0.1, 0.15) is 13.8 Å². The van der Waals surface area contributed by atoms with Crippen LogP contribution in [-0.2, 0) is 18.9 Å². The summed E-state index contributed by atoms with van der Waals surface area (Å²) in [4.78, 5) is 0.